The number of carbonyl (C=O) groups is 1. The molecule has 0 unspecified atom stereocenters. The van der Waals surface area contributed by atoms with Crippen molar-refractivity contribution >= 4 is 5.91 Å². The Labute approximate surface area is 105 Å². The fourth-order valence-electron chi connectivity index (χ4n) is 2.06. The van der Waals surface area contributed by atoms with Crippen LogP contribution in [0.3, 0.4) is 0 Å². The van der Waals surface area contributed by atoms with E-state index in [2.05, 4.69) is 0 Å². The van der Waals surface area contributed by atoms with Crippen LogP contribution in [-0.4, -0.2) is 34.5 Å². The summed E-state index contributed by atoms with van der Waals surface area (Å²) in [7, 11) is 0. The molecule has 5 heteroatoms. The quantitative estimate of drug-likeness (QED) is 0.834. The minimum Gasteiger partial charge on any atom is -0.507 e. The molecule has 1 aromatic carbocycles. The largest absolute Gasteiger partial charge is 0.507 e. The maximum Gasteiger partial charge on any atom is 0.260 e. The molecule has 0 atom stereocenters. The van der Waals surface area contributed by atoms with Crippen LogP contribution in [0.5, 0.6) is 5.75 Å². The lowest BCUT2D eigenvalue weighted by Crippen LogP contribution is -2.71. The molecule has 98 valence electrons. The van der Waals surface area contributed by atoms with E-state index in [1.165, 1.54) is 17.0 Å². The van der Waals surface area contributed by atoms with Gasteiger partial charge in [0.1, 0.15) is 17.1 Å². The number of phenols is 1. The highest BCUT2D eigenvalue weighted by Gasteiger charge is 2.45. The third-order valence-corrected chi connectivity index (χ3v) is 3.61. The first-order valence-electron chi connectivity index (χ1n) is 5.91. The SMILES string of the molecule is CC(C)C1(N)CN(C(=O)c2c(O)cccc2F)C1. The Morgan fingerprint density at radius 2 is 2.11 bits per heavy atom. The number of likely N-dealkylation sites (tertiary alicyclic amines) is 1. The van der Waals surface area contributed by atoms with Crippen molar-refractivity contribution in [2.24, 2.45) is 11.7 Å². The molecular formula is C13H17FN2O2. The van der Waals surface area contributed by atoms with E-state index >= 15 is 0 Å². The lowest BCUT2D eigenvalue weighted by Gasteiger charge is -2.50. The van der Waals surface area contributed by atoms with Crippen molar-refractivity contribution in [3.05, 3.63) is 29.6 Å². The first-order chi connectivity index (χ1) is 8.35. The third kappa shape index (κ3) is 1.95. The monoisotopic (exact) mass is 252 g/mol. The van der Waals surface area contributed by atoms with E-state index in [1.54, 1.807) is 0 Å². The van der Waals surface area contributed by atoms with Gasteiger partial charge in [-0.05, 0) is 18.1 Å². The van der Waals surface area contributed by atoms with E-state index < -0.39 is 17.3 Å². The van der Waals surface area contributed by atoms with Crippen molar-refractivity contribution in [1.82, 2.24) is 4.90 Å². The molecule has 1 aliphatic rings. The van der Waals surface area contributed by atoms with E-state index in [0.29, 0.717) is 13.1 Å². The Morgan fingerprint density at radius 3 is 2.61 bits per heavy atom. The van der Waals surface area contributed by atoms with Gasteiger partial charge in [-0.1, -0.05) is 19.9 Å². The van der Waals surface area contributed by atoms with Crippen molar-refractivity contribution in [2.75, 3.05) is 13.1 Å². The van der Waals surface area contributed by atoms with E-state index in [9.17, 15) is 14.3 Å². The number of phenolic OH excluding ortho intramolecular Hbond substituents is 1. The van der Waals surface area contributed by atoms with Crippen LogP contribution >= 0.6 is 0 Å². The zero-order valence-corrected chi connectivity index (χ0v) is 10.5. The summed E-state index contributed by atoms with van der Waals surface area (Å²) < 4.78 is 13.5. The molecule has 2 rings (SSSR count). The van der Waals surface area contributed by atoms with Crippen LogP contribution in [0.1, 0.15) is 24.2 Å². The number of rotatable bonds is 2. The number of halogens is 1. The van der Waals surface area contributed by atoms with Crippen molar-refractivity contribution in [3.8, 4) is 5.75 Å². The maximum atomic E-state index is 13.5. The van der Waals surface area contributed by atoms with Crippen molar-refractivity contribution < 1.29 is 14.3 Å². The van der Waals surface area contributed by atoms with Gasteiger partial charge in [0, 0.05) is 13.1 Å². The van der Waals surface area contributed by atoms with E-state index in [-0.39, 0.29) is 17.2 Å². The number of amides is 1. The number of aromatic hydroxyl groups is 1. The van der Waals surface area contributed by atoms with Gasteiger partial charge >= 0.3 is 0 Å². The summed E-state index contributed by atoms with van der Waals surface area (Å²) >= 11 is 0. The first kappa shape index (κ1) is 12.8. The Kier molecular flexibility index (Phi) is 3.02. The number of hydrogen-bond donors (Lipinski definition) is 2. The molecule has 1 saturated heterocycles. The zero-order chi connectivity index (χ0) is 13.5. The average Bonchev–Trinajstić information content (AvgIpc) is 2.23. The van der Waals surface area contributed by atoms with Gasteiger partial charge in [-0.3, -0.25) is 4.79 Å². The molecule has 3 N–H and O–H groups in total. The van der Waals surface area contributed by atoms with Crippen LogP contribution < -0.4 is 5.73 Å². The summed E-state index contributed by atoms with van der Waals surface area (Å²) in [4.78, 5) is 13.5. The third-order valence-electron chi connectivity index (χ3n) is 3.61. The normalized spacial score (nSPS) is 17.7. The summed E-state index contributed by atoms with van der Waals surface area (Å²) in [6.07, 6.45) is 0. The Bertz CT molecular complexity index is 462. The first-order valence-corrected chi connectivity index (χ1v) is 5.91. The molecule has 18 heavy (non-hydrogen) atoms. The van der Waals surface area contributed by atoms with Crippen molar-refractivity contribution in [1.29, 1.82) is 0 Å². The fourth-order valence-corrected chi connectivity index (χ4v) is 2.06. The highest BCUT2D eigenvalue weighted by atomic mass is 19.1. The Morgan fingerprint density at radius 1 is 1.50 bits per heavy atom. The van der Waals surface area contributed by atoms with Gasteiger partial charge in [0.2, 0.25) is 0 Å². The highest BCUT2D eigenvalue weighted by molar-refractivity contribution is 5.97. The number of nitrogens with two attached hydrogens (primary N) is 1. The number of hydrogen-bond acceptors (Lipinski definition) is 3. The predicted octanol–water partition coefficient (Wildman–Crippen LogP) is 1.34. The van der Waals surface area contributed by atoms with Gasteiger partial charge in [-0.2, -0.15) is 0 Å². The second kappa shape index (κ2) is 4.24. The van der Waals surface area contributed by atoms with Crippen LogP contribution in [0.25, 0.3) is 0 Å². The summed E-state index contributed by atoms with van der Waals surface area (Å²) in [6.45, 7) is 4.75. The van der Waals surface area contributed by atoms with Crippen LogP contribution in [0.15, 0.2) is 18.2 Å². The molecular weight excluding hydrogens is 235 g/mol. The lowest BCUT2D eigenvalue weighted by atomic mass is 9.80. The van der Waals surface area contributed by atoms with Gasteiger partial charge in [0.15, 0.2) is 0 Å². The van der Waals surface area contributed by atoms with E-state index in [1.807, 2.05) is 13.8 Å². The number of carbonyl (C=O) groups excluding carboxylic acids is 1. The van der Waals surface area contributed by atoms with Gasteiger partial charge in [-0.25, -0.2) is 4.39 Å². The number of nitrogens with zero attached hydrogens (tertiary/aromatic N) is 1. The summed E-state index contributed by atoms with van der Waals surface area (Å²) in [5.41, 5.74) is 5.40. The molecule has 0 aromatic heterocycles. The summed E-state index contributed by atoms with van der Waals surface area (Å²) in [5, 5.41) is 9.55. The molecule has 1 heterocycles. The second-order valence-electron chi connectivity index (χ2n) is 5.18. The minimum atomic E-state index is -0.709. The molecule has 1 aromatic rings. The van der Waals surface area contributed by atoms with Crippen LogP contribution in [0.2, 0.25) is 0 Å². The van der Waals surface area contributed by atoms with Crippen molar-refractivity contribution in [3.63, 3.8) is 0 Å². The smallest absolute Gasteiger partial charge is 0.260 e. The topological polar surface area (TPSA) is 66.6 Å². The zero-order valence-electron chi connectivity index (χ0n) is 10.5. The molecule has 1 fully saturated rings. The van der Waals surface area contributed by atoms with Crippen molar-refractivity contribution in [2.45, 2.75) is 19.4 Å². The maximum absolute atomic E-state index is 13.5. The van der Waals surface area contributed by atoms with Gasteiger partial charge < -0.3 is 15.7 Å². The Hall–Kier alpha value is -1.62. The molecule has 4 nitrogen and oxygen atoms in total. The van der Waals surface area contributed by atoms with Gasteiger partial charge in [-0.15, -0.1) is 0 Å². The average molecular weight is 252 g/mol. The van der Waals surface area contributed by atoms with Gasteiger partial charge in [0.25, 0.3) is 5.91 Å². The minimum absolute atomic E-state index is 0.246. The van der Waals surface area contributed by atoms with E-state index in [0.717, 1.165) is 6.07 Å². The van der Waals surface area contributed by atoms with Gasteiger partial charge in [0.05, 0.1) is 5.54 Å². The number of benzene rings is 1. The van der Waals surface area contributed by atoms with Crippen LogP contribution in [0, 0.1) is 11.7 Å². The Balaban J connectivity index is 2.16. The molecule has 0 radical (unpaired) electrons. The standard InChI is InChI=1S/C13H17FN2O2/c1-8(2)13(15)6-16(7-13)12(18)11-9(14)4-3-5-10(11)17/h3-5,8,17H,6-7,15H2,1-2H3. The van der Waals surface area contributed by atoms with E-state index in [4.69, 9.17) is 5.73 Å². The molecule has 0 bridgehead atoms. The molecule has 0 aliphatic carbocycles. The second-order valence-corrected chi connectivity index (χ2v) is 5.18. The molecule has 1 amide bonds. The highest BCUT2D eigenvalue weighted by Crippen LogP contribution is 2.30. The summed E-state index contributed by atoms with van der Waals surface area (Å²) in [5.74, 6) is -1.30. The fraction of sp³-hybridized carbons (Fsp3) is 0.462. The molecule has 0 spiro atoms. The molecule has 0 saturated carbocycles. The van der Waals surface area contributed by atoms with Crippen LogP contribution in [-0.2, 0) is 0 Å². The lowest BCUT2D eigenvalue weighted by molar-refractivity contribution is 0.0268. The predicted molar refractivity (Wildman–Crippen MR) is 65.7 cm³/mol. The molecule has 1 aliphatic heterocycles. The van der Waals surface area contributed by atoms with Crippen LogP contribution in [0.4, 0.5) is 4.39 Å². The summed E-state index contributed by atoms with van der Waals surface area (Å²) in [6, 6.07) is 3.82.